The summed E-state index contributed by atoms with van der Waals surface area (Å²) >= 11 is 6.16. The van der Waals surface area contributed by atoms with Crippen LogP contribution >= 0.6 is 11.6 Å². The second-order valence-electron chi connectivity index (χ2n) is 5.74. The number of ether oxygens (including phenoxy) is 1. The van der Waals surface area contributed by atoms with Gasteiger partial charge < -0.3 is 4.74 Å². The van der Waals surface area contributed by atoms with E-state index in [1.165, 1.54) is 11.1 Å². The summed E-state index contributed by atoms with van der Waals surface area (Å²) in [5.74, 6) is 1.09. The number of rotatable bonds is 1. The number of aryl methyl sites for hydroxylation is 1. The molecule has 1 nitrogen and oxygen atoms in total. The van der Waals surface area contributed by atoms with Crippen LogP contribution in [0.3, 0.4) is 0 Å². The molecule has 0 saturated heterocycles. The predicted octanol–water partition coefficient (Wildman–Crippen LogP) is 4.25. The van der Waals surface area contributed by atoms with Crippen LogP contribution in [0.2, 0.25) is 5.02 Å². The first-order valence-electron chi connectivity index (χ1n) is 5.90. The molecule has 0 radical (unpaired) electrons. The van der Waals surface area contributed by atoms with Gasteiger partial charge in [-0.3, -0.25) is 0 Å². The molecule has 0 N–H and O–H groups in total. The smallest absolute Gasteiger partial charge is 0.125 e. The van der Waals surface area contributed by atoms with Gasteiger partial charge in [0.1, 0.15) is 5.75 Å². The zero-order valence-electron chi connectivity index (χ0n) is 10.3. The SMILES string of the molecule is CC(C)(C)Cc1cc(Cl)cc2c1OCCC2. The first-order valence-corrected chi connectivity index (χ1v) is 6.28. The summed E-state index contributed by atoms with van der Waals surface area (Å²) in [6.45, 7) is 7.56. The second-order valence-corrected chi connectivity index (χ2v) is 6.18. The molecule has 2 rings (SSSR count). The van der Waals surface area contributed by atoms with Crippen LogP contribution in [-0.4, -0.2) is 6.61 Å². The van der Waals surface area contributed by atoms with Crippen molar-refractivity contribution >= 4 is 11.6 Å². The summed E-state index contributed by atoms with van der Waals surface area (Å²) in [5.41, 5.74) is 2.80. The molecule has 0 amide bonds. The van der Waals surface area contributed by atoms with E-state index >= 15 is 0 Å². The summed E-state index contributed by atoms with van der Waals surface area (Å²) in [4.78, 5) is 0. The molecule has 0 unspecified atom stereocenters. The highest BCUT2D eigenvalue weighted by Gasteiger charge is 2.20. The lowest BCUT2D eigenvalue weighted by Gasteiger charge is -2.25. The Balaban J connectivity index is 2.39. The molecule has 0 fully saturated rings. The van der Waals surface area contributed by atoms with E-state index in [0.717, 1.165) is 36.6 Å². The van der Waals surface area contributed by atoms with E-state index in [1.807, 2.05) is 6.07 Å². The van der Waals surface area contributed by atoms with E-state index in [-0.39, 0.29) is 5.41 Å². The molecule has 88 valence electrons. The quantitative estimate of drug-likeness (QED) is 0.711. The number of hydrogen-bond acceptors (Lipinski definition) is 1. The third-order valence-electron chi connectivity index (χ3n) is 2.77. The van der Waals surface area contributed by atoms with Crippen LogP contribution in [0.25, 0.3) is 0 Å². The van der Waals surface area contributed by atoms with Crippen molar-refractivity contribution in [2.45, 2.75) is 40.0 Å². The Hall–Kier alpha value is -0.690. The van der Waals surface area contributed by atoms with Gasteiger partial charge in [0.2, 0.25) is 0 Å². The molecular formula is C14H19ClO. The van der Waals surface area contributed by atoms with Gasteiger partial charge in [0.25, 0.3) is 0 Å². The van der Waals surface area contributed by atoms with Gasteiger partial charge >= 0.3 is 0 Å². The third-order valence-corrected chi connectivity index (χ3v) is 2.98. The Morgan fingerprint density at radius 1 is 1.31 bits per heavy atom. The molecule has 0 bridgehead atoms. The number of fused-ring (bicyclic) bond motifs is 1. The summed E-state index contributed by atoms with van der Waals surface area (Å²) in [5, 5.41) is 0.837. The minimum atomic E-state index is 0.263. The Morgan fingerprint density at radius 2 is 2.06 bits per heavy atom. The van der Waals surface area contributed by atoms with Crippen molar-refractivity contribution < 1.29 is 4.74 Å². The molecule has 1 aliphatic heterocycles. The molecule has 2 heteroatoms. The molecule has 0 spiro atoms. The average molecular weight is 239 g/mol. The summed E-state index contributed by atoms with van der Waals surface area (Å²) in [6, 6.07) is 4.10. The second kappa shape index (κ2) is 4.29. The van der Waals surface area contributed by atoms with E-state index in [1.54, 1.807) is 0 Å². The fourth-order valence-electron chi connectivity index (χ4n) is 2.22. The van der Waals surface area contributed by atoms with Crippen molar-refractivity contribution in [1.29, 1.82) is 0 Å². The number of hydrogen-bond donors (Lipinski definition) is 0. The van der Waals surface area contributed by atoms with Crippen LogP contribution in [-0.2, 0) is 12.8 Å². The van der Waals surface area contributed by atoms with Crippen LogP contribution < -0.4 is 4.74 Å². The molecule has 1 aromatic rings. The van der Waals surface area contributed by atoms with Gasteiger partial charge in [-0.15, -0.1) is 0 Å². The van der Waals surface area contributed by atoms with Gasteiger partial charge in [0.15, 0.2) is 0 Å². The van der Waals surface area contributed by atoms with Crippen molar-refractivity contribution in [3.63, 3.8) is 0 Å². The maximum absolute atomic E-state index is 6.16. The zero-order valence-corrected chi connectivity index (χ0v) is 11.0. The summed E-state index contributed by atoms with van der Waals surface area (Å²) in [7, 11) is 0. The van der Waals surface area contributed by atoms with E-state index < -0.39 is 0 Å². The van der Waals surface area contributed by atoms with Crippen molar-refractivity contribution in [3.05, 3.63) is 28.3 Å². The number of benzene rings is 1. The summed E-state index contributed by atoms with van der Waals surface area (Å²) < 4.78 is 5.80. The maximum Gasteiger partial charge on any atom is 0.125 e. The van der Waals surface area contributed by atoms with Gasteiger partial charge in [-0.1, -0.05) is 32.4 Å². The standard InChI is InChI=1S/C14H19ClO/c1-14(2,3)9-11-8-12(15)7-10-5-4-6-16-13(10)11/h7-8H,4-6,9H2,1-3H3. The highest BCUT2D eigenvalue weighted by molar-refractivity contribution is 6.30. The Morgan fingerprint density at radius 3 is 2.75 bits per heavy atom. The minimum Gasteiger partial charge on any atom is -0.493 e. The zero-order chi connectivity index (χ0) is 11.8. The van der Waals surface area contributed by atoms with Crippen molar-refractivity contribution in [2.75, 3.05) is 6.61 Å². The topological polar surface area (TPSA) is 9.23 Å². The van der Waals surface area contributed by atoms with Crippen LogP contribution in [0.15, 0.2) is 12.1 Å². The van der Waals surface area contributed by atoms with Gasteiger partial charge in [-0.05, 0) is 47.9 Å². The molecule has 1 heterocycles. The van der Waals surface area contributed by atoms with Gasteiger partial charge in [-0.25, -0.2) is 0 Å². The fourth-order valence-corrected chi connectivity index (χ4v) is 2.49. The van der Waals surface area contributed by atoms with E-state index in [9.17, 15) is 0 Å². The number of halogens is 1. The molecule has 1 aromatic carbocycles. The lowest BCUT2D eigenvalue weighted by molar-refractivity contribution is 0.280. The minimum absolute atomic E-state index is 0.263. The Bertz CT molecular complexity index is 390. The first kappa shape index (κ1) is 11.8. The van der Waals surface area contributed by atoms with E-state index in [0.29, 0.717) is 0 Å². The molecule has 0 saturated carbocycles. The molecular weight excluding hydrogens is 220 g/mol. The lowest BCUT2D eigenvalue weighted by atomic mass is 9.86. The lowest BCUT2D eigenvalue weighted by Crippen LogP contribution is -2.15. The molecule has 16 heavy (non-hydrogen) atoms. The maximum atomic E-state index is 6.16. The Labute approximate surface area is 103 Å². The monoisotopic (exact) mass is 238 g/mol. The first-order chi connectivity index (χ1) is 7.46. The van der Waals surface area contributed by atoms with Crippen molar-refractivity contribution in [3.8, 4) is 5.75 Å². The van der Waals surface area contributed by atoms with E-state index in [2.05, 4.69) is 26.8 Å². The van der Waals surface area contributed by atoms with Crippen LogP contribution in [0.4, 0.5) is 0 Å². The van der Waals surface area contributed by atoms with Crippen molar-refractivity contribution in [2.24, 2.45) is 5.41 Å². The molecule has 0 aliphatic carbocycles. The Kier molecular flexibility index (Phi) is 3.16. The predicted molar refractivity (Wildman–Crippen MR) is 68.4 cm³/mol. The van der Waals surface area contributed by atoms with E-state index in [4.69, 9.17) is 16.3 Å². The van der Waals surface area contributed by atoms with Crippen LogP contribution in [0, 0.1) is 5.41 Å². The molecule has 1 aliphatic rings. The third kappa shape index (κ3) is 2.70. The normalized spacial score (nSPS) is 15.5. The fraction of sp³-hybridized carbons (Fsp3) is 0.571. The van der Waals surface area contributed by atoms with Crippen LogP contribution in [0.5, 0.6) is 5.75 Å². The van der Waals surface area contributed by atoms with Crippen LogP contribution in [0.1, 0.15) is 38.3 Å². The summed E-state index contributed by atoms with van der Waals surface area (Å²) in [6.07, 6.45) is 3.20. The highest BCUT2D eigenvalue weighted by Crippen LogP contribution is 2.35. The van der Waals surface area contributed by atoms with Crippen molar-refractivity contribution in [1.82, 2.24) is 0 Å². The molecule has 0 aromatic heterocycles. The van der Waals surface area contributed by atoms with Gasteiger partial charge in [0.05, 0.1) is 6.61 Å². The van der Waals surface area contributed by atoms with Gasteiger partial charge in [-0.2, -0.15) is 0 Å². The molecule has 0 atom stereocenters. The highest BCUT2D eigenvalue weighted by atomic mass is 35.5. The van der Waals surface area contributed by atoms with Gasteiger partial charge in [0, 0.05) is 5.02 Å². The largest absolute Gasteiger partial charge is 0.493 e. The average Bonchev–Trinajstić information content (AvgIpc) is 2.14.